The molecule has 1 aliphatic heterocycles. The minimum Gasteiger partial charge on any atom is -0.319 e. The number of hydrogen-bond acceptors (Lipinski definition) is 4. The van der Waals surface area contributed by atoms with Crippen molar-refractivity contribution < 1.29 is 4.79 Å². The van der Waals surface area contributed by atoms with Gasteiger partial charge in [0.1, 0.15) is 0 Å². The Balaban J connectivity index is 2.04. The lowest BCUT2D eigenvalue weighted by Crippen LogP contribution is -2.57. The average Bonchev–Trinajstić information content (AvgIpc) is 2.39. The first-order chi connectivity index (χ1) is 9.08. The standard InChI is InChI=1S/C13H21N5O/c1-10(2)11-9-17(3)7-8-18(11)13(19)15-12-5-4-6-14-16-12/h4-6,10-11H,7-9H2,1-3H3,(H,15,16,19). The van der Waals surface area contributed by atoms with Gasteiger partial charge in [0.15, 0.2) is 5.82 Å². The molecule has 19 heavy (non-hydrogen) atoms. The molecule has 0 aromatic carbocycles. The van der Waals surface area contributed by atoms with Crippen LogP contribution in [0.2, 0.25) is 0 Å². The van der Waals surface area contributed by atoms with E-state index in [2.05, 4.69) is 41.3 Å². The summed E-state index contributed by atoms with van der Waals surface area (Å²) in [5.41, 5.74) is 0. The second-order valence-electron chi connectivity index (χ2n) is 5.31. The van der Waals surface area contributed by atoms with Crippen LogP contribution >= 0.6 is 0 Å². The fourth-order valence-electron chi connectivity index (χ4n) is 2.33. The lowest BCUT2D eigenvalue weighted by atomic mass is 10.0. The van der Waals surface area contributed by atoms with Gasteiger partial charge in [-0.1, -0.05) is 13.8 Å². The summed E-state index contributed by atoms with van der Waals surface area (Å²) < 4.78 is 0. The molecule has 1 aliphatic rings. The van der Waals surface area contributed by atoms with Gasteiger partial charge in [-0.05, 0) is 25.1 Å². The van der Waals surface area contributed by atoms with Crippen LogP contribution in [0.4, 0.5) is 10.6 Å². The molecule has 1 unspecified atom stereocenters. The van der Waals surface area contributed by atoms with Crippen LogP contribution in [-0.2, 0) is 0 Å². The van der Waals surface area contributed by atoms with Crippen LogP contribution in [0.25, 0.3) is 0 Å². The Bertz CT molecular complexity index is 422. The van der Waals surface area contributed by atoms with E-state index < -0.39 is 0 Å². The molecule has 2 amide bonds. The van der Waals surface area contributed by atoms with E-state index >= 15 is 0 Å². The quantitative estimate of drug-likeness (QED) is 0.873. The van der Waals surface area contributed by atoms with Crippen molar-refractivity contribution >= 4 is 11.8 Å². The molecule has 1 aromatic rings. The molecule has 1 atom stereocenters. The SMILES string of the molecule is CC(C)C1CN(C)CCN1C(=O)Nc1cccnn1. The van der Waals surface area contributed by atoms with Crippen molar-refractivity contribution in [3.63, 3.8) is 0 Å². The highest BCUT2D eigenvalue weighted by Gasteiger charge is 2.31. The number of hydrogen-bond donors (Lipinski definition) is 1. The Kier molecular flexibility index (Phi) is 4.31. The number of aromatic nitrogens is 2. The predicted octanol–water partition coefficient (Wildman–Crippen LogP) is 1.28. The van der Waals surface area contributed by atoms with Gasteiger partial charge in [0.2, 0.25) is 0 Å². The first-order valence-electron chi connectivity index (χ1n) is 6.62. The van der Waals surface area contributed by atoms with Gasteiger partial charge in [0.25, 0.3) is 0 Å². The normalized spacial score (nSPS) is 20.6. The van der Waals surface area contributed by atoms with E-state index in [1.807, 2.05) is 4.90 Å². The fourth-order valence-corrected chi connectivity index (χ4v) is 2.33. The third kappa shape index (κ3) is 3.41. The number of carbonyl (C=O) groups is 1. The molecule has 6 nitrogen and oxygen atoms in total. The van der Waals surface area contributed by atoms with Crippen LogP contribution in [0.1, 0.15) is 13.8 Å². The smallest absolute Gasteiger partial charge is 0.319 e. The molecule has 0 bridgehead atoms. The van der Waals surface area contributed by atoms with Gasteiger partial charge >= 0.3 is 6.03 Å². The van der Waals surface area contributed by atoms with E-state index in [0.29, 0.717) is 11.7 Å². The summed E-state index contributed by atoms with van der Waals surface area (Å²) in [7, 11) is 2.09. The summed E-state index contributed by atoms with van der Waals surface area (Å²) in [6.07, 6.45) is 1.59. The molecule has 1 N–H and O–H groups in total. The number of urea groups is 1. The largest absolute Gasteiger partial charge is 0.323 e. The Morgan fingerprint density at radius 2 is 2.26 bits per heavy atom. The van der Waals surface area contributed by atoms with Crippen LogP contribution in [0.5, 0.6) is 0 Å². The second-order valence-corrected chi connectivity index (χ2v) is 5.31. The van der Waals surface area contributed by atoms with Gasteiger partial charge in [0.05, 0.1) is 0 Å². The topological polar surface area (TPSA) is 61.4 Å². The van der Waals surface area contributed by atoms with E-state index in [1.165, 1.54) is 0 Å². The maximum Gasteiger partial charge on any atom is 0.323 e. The summed E-state index contributed by atoms with van der Waals surface area (Å²) in [6.45, 7) is 6.84. The highest BCUT2D eigenvalue weighted by molar-refractivity contribution is 5.88. The van der Waals surface area contributed by atoms with Gasteiger partial charge in [-0.25, -0.2) is 4.79 Å². The molecule has 0 saturated carbocycles. The summed E-state index contributed by atoms with van der Waals surface area (Å²) >= 11 is 0. The van der Waals surface area contributed by atoms with Crippen molar-refractivity contribution in [1.29, 1.82) is 0 Å². The summed E-state index contributed by atoms with van der Waals surface area (Å²) in [5, 5.41) is 10.4. The van der Waals surface area contributed by atoms with Crippen molar-refractivity contribution in [2.75, 3.05) is 32.0 Å². The maximum absolute atomic E-state index is 12.3. The molecule has 0 aliphatic carbocycles. The van der Waals surface area contributed by atoms with Crippen LogP contribution in [0.3, 0.4) is 0 Å². The molecular weight excluding hydrogens is 242 g/mol. The van der Waals surface area contributed by atoms with Crippen LogP contribution in [0.15, 0.2) is 18.3 Å². The van der Waals surface area contributed by atoms with E-state index in [0.717, 1.165) is 19.6 Å². The Morgan fingerprint density at radius 3 is 2.89 bits per heavy atom. The molecule has 1 saturated heterocycles. The molecule has 0 radical (unpaired) electrons. The van der Waals surface area contributed by atoms with Gasteiger partial charge in [-0.15, -0.1) is 5.10 Å². The Hall–Kier alpha value is -1.69. The van der Waals surface area contributed by atoms with Crippen LogP contribution in [0, 0.1) is 5.92 Å². The number of piperazine rings is 1. The zero-order valence-corrected chi connectivity index (χ0v) is 11.7. The zero-order valence-electron chi connectivity index (χ0n) is 11.7. The van der Waals surface area contributed by atoms with Gasteiger partial charge in [0, 0.05) is 31.9 Å². The van der Waals surface area contributed by atoms with E-state index in [9.17, 15) is 4.79 Å². The number of likely N-dealkylation sites (N-methyl/N-ethyl adjacent to an activating group) is 1. The lowest BCUT2D eigenvalue weighted by Gasteiger charge is -2.41. The monoisotopic (exact) mass is 263 g/mol. The molecular formula is C13H21N5O. The maximum atomic E-state index is 12.3. The Morgan fingerprint density at radius 1 is 1.47 bits per heavy atom. The van der Waals surface area contributed by atoms with Crippen molar-refractivity contribution in [2.45, 2.75) is 19.9 Å². The Labute approximate surface area is 113 Å². The van der Waals surface area contributed by atoms with E-state index in [4.69, 9.17) is 0 Å². The van der Waals surface area contributed by atoms with Crippen molar-refractivity contribution in [2.24, 2.45) is 5.92 Å². The summed E-state index contributed by atoms with van der Waals surface area (Å²) in [4.78, 5) is 16.5. The number of carbonyl (C=O) groups excluding carboxylic acids is 1. The van der Waals surface area contributed by atoms with Gasteiger partial charge in [-0.3, -0.25) is 5.32 Å². The zero-order chi connectivity index (χ0) is 13.8. The van der Waals surface area contributed by atoms with Crippen molar-refractivity contribution in [3.8, 4) is 0 Å². The van der Waals surface area contributed by atoms with Gasteiger partial charge in [-0.2, -0.15) is 5.10 Å². The molecule has 2 heterocycles. The number of rotatable bonds is 2. The van der Waals surface area contributed by atoms with Crippen LogP contribution in [-0.4, -0.2) is 58.8 Å². The number of anilines is 1. The molecule has 0 spiro atoms. The van der Waals surface area contributed by atoms with Gasteiger partial charge < -0.3 is 9.80 Å². The highest BCUT2D eigenvalue weighted by atomic mass is 16.2. The molecule has 2 rings (SSSR count). The van der Waals surface area contributed by atoms with E-state index in [-0.39, 0.29) is 12.1 Å². The second kappa shape index (κ2) is 5.97. The first-order valence-corrected chi connectivity index (χ1v) is 6.62. The predicted molar refractivity (Wildman–Crippen MR) is 73.9 cm³/mol. The average molecular weight is 263 g/mol. The minimum absolute atomic E-state index is 0.0905. The summed E-state index contributed by atoms with van der Waals surface area (Å²) in [5.74, 6) is 0.921. The molecule has 1 aromatic heterocycles. The number of amides is 2. The van der Waals surface area contributed by atoms with Crippen molar-refractivity contribution in [1.82, 2.24) is 20.0 Å². The highest BCUT2D eigenvalue weighted by Crippen LogP contribution is 2.17. The first kappa shape index (κ1) is 13.7. The lowest BCUT2D eigenvalue weighted by molar-refractivity contribution is 0.0921. The number of nitrogens with one attached hydrogen (secondary N) is 1. The third-order valence-electron chi connectivity index (χ3n) is 3.46. The summed E-state index contributed by atoms with van der Waals surface area (Å²) in [6, 6.07) is 3.64. The van der Waals surface area contributed by atoms with Crippen LogP contribution < -0.4 is 5.32 Å². The van der Waals surface area contributed by atoms with E-state index in [1.54, 1.807) is 18.3 Å². The molecule has 1 fully saturated rings. The molecule has 104 valence electrons. The minimum atomic E-state index is -0.0905. The number of nitrogens with zero attached hydrogens (tertiary/aromatic N) is 4. The van der Waals surface area contributed by atoms with Crippen molar-refractivity contribution in [3.05, 3.63) is 18.3 Å². The fraction of sp³-hybridized carbons (Fsp3) is 0.615. The molecule has 6 heteroatoms. The third-order valence-corrected chi connectivity index (χ3v) is 3.46.